The molecule has 0 aliphatic carbocycles. The van der Waals surface area contributed by atoms with Crippen molar-refractivity contribution < 1.29 is 9.13 Å². The molecule has 3 heterocycles. The monoisotopic (exact) mass is 369 g/mol. The molecule has 3 aromatic rings. The number of piperidine rings is 1. The van der Waals surface area contributed by atoms with E-state index in [9.17, 15) is 9.18 Å². The number of aromatic nitrogens is 3. The lowest BCUT2D eigenvalue weighted by Crippen LogP contribution is -2.35. The standard InChI is InChI=1S/C19H20FN5O2/c1-25-17-12(11-22-19(24-17)23-13-6-8-21-9-7-13)10-16(18(25)26)27-15-5-3-2-4-14(15)20/h2-5,10-11,13,21H,6-9H2,1H3,(H,22,23,24). The molecule has 0 bridgehead atoms. The van der Waals surface area contributed by atoms with Gasteiger partial charge in [-0.2, -0.15) is 4.98 Å². The molecule has 0 spiro atoms. The van der Waals surface area contributed by atoms with Gasteiger partial charge in [0.05, 0.1) is 0 Å². The summed E-state index contributed by atoms with van der Waals surface area (Å²) >= 11 is 0. The number of para-hydroxylation sites is 1. The van der Waals surface area contributed by atoms with Crippen LogP contribution in [0.25, 0.3) is 11.0 Å². The van der Waals surface area contributed by atoms with Gasteiger partial charge in [0, 0.05) is 24.7 Å². The Balaban J connectivity index is 1.66. The third kappa shape index (κ3) is 3.61. The summed E-state index contributed by atoms with van der Waals surface area (Å²) in [7, 11) is 1.61. The van der Waals surface area contributed by atoms with Crippen molar-refractivity contribution in [2.75, 3.05) is 18.4 Å². The smallest absolute Gasteiger partial charge is 0.294 e. The van der Waals surface area contributed by atoms with Crippen LogP contribution in [0, 0.1) is 5.82 Å². The van der Waals surface area contributed by atoms with Crippen molar-refractivity contribution in [3.05, 3.63) is 52.7 Å². The maximum Gasteiger partial charge on any atom is 0.294 e. The zero-order valence-corrected chi connectivity index (χ0v) is 14.9. The molecule has 0 amide bonds. The molecule has 0 saturated carbocycles. The molecule has 2 N–H and O–H groups in total. The summed E-state index contributed by atoms with van der Waals surface area (Å²) in [5.41, 5.74) is 0.101. The fourth-order valence-electron chi connectivity index (χ4n) is 3.15. The summed E-state index contributed by atoms with van der Waals surface area (Å²) in [4.78, 5) is 21.5. The normalized spacial score (nSPS) is 15.0. The van der Waals surface area contributed by atoms with Crippen molar-refractivity contribution in [3.63, 3.8) is 0 Å². The minimum atomic E-state index is -0.530. The van der Waals surface area contributed by atoms with Crippen LogP contribution in [0.4, 0.5) is 10.3 Å². The molecule has 1 aliphatic rings. The van der Waals surface area contributed by atoms with E-state index in [0.717, 1.165) is 25.9 Å². The van der Waals surface area contributed by atoms with Crippen LogP contribution in [0.5, 0.6) is 11.5 Å². The number of benzene rings is 1. The van der Waals surface area contributed by atoms with Crippen molar-refractivity contribution in [1.29, 1.82) is 0 Å². The number of halogens is 1. The Morgan fingerprint density at radius 1 is 1.26 bits per heavy atom. The van der Waals surface area contributed by atoms with Gasteiger partial charge >= 0.3 is 0 Å². The molecule has 7 nitrogen and oxygen atoms in total. The summed E-state index contributed by atoms with van der Waals surface area (Å²) in [6.07, 6.45) is 3.63. The van der Waals surface area contributed by atoms with E-state index in [1.165, 1.54) is 16.7 Å². The minimum Gasteiger partial charge on any atom is -0.448 e. The summed E-state index contributed by atoms with van der Waals surface area (Å²) in [5.74, 6) is -0.0126. The number of ether oxygens (including phenoxy) is 1. The van der Waals surface area contributed by atoms with Crippen LogP contribution in [0.15, 0.2) is 41.3 Å². The van der Waals surface area contributed by atoms with E-state index in [0.29, 0.717) is 23.0 Å². The van der Waals surface area contributed by atoms with Crippen LogP contribution >= 0.6 is 0 Å². The van der Waals surface area contributed by atoms with Crippen molar-refractivity contribution in [2.45, 2.75) is 18.9 Å². The highest BCUT2D eigenvalue weighted by Gasteiger charge is 2.16. The minimum absolute atomic E-state index is 0.000867. The topological polar surface area (TPSA) is 81.1 Å². The van der Waals surface area contributed by atoms with E-state index in [1.807, 2.05) is 0 Å². The largest absolute Gasteiger partial charge is 0.448 e. The number of anilines is 1. The van der Waals surface area contributed by atoms with Crippen LogP contribution in [-0.4, -0.2) is 33.7 Å². The zero-order valence-electron chi connectivity index (χ0n) is 14.9. The molecule has 4 rings (SSSR count). The van der Waals surface area contributed by atoms with Gasteiger partial charge in [-0.25, -0.2) is 9.37 Å². The molecule has 140 valence electrons. The van der Waals surface area contributed by atoms with Crippen LogP contribution in [0.3, 0.4) is 0 Å². The van der Waals surface area contributed by atoms with Crippen molar-refractivity contribution in [3.8, 4) is 11.5 Å². The van der Waals surface area contributed by atoms with E-state index in [1.54, 1.807) is 31.4 Å². The fraction of sp³-hybridized carbons (Fsp3) is 0.316. The molecule has 1 aliphatic heterocycles. The molecule has 1 aromatic carbocycles. The van der Waals surface area contributed by atoms with Gasteiger partial charge in [0.2, 0.25) is 5.95 Å². The maximum atomic E-state index is 13.8. The lowest BCUT2D eigenvalue weighted by atomic mass is 10.1. The number of rotatable bonds is 4. The van der Waals surface area contributed by atoms with E-state index < -0.39 is 11.4 Å². The van der Waals surface area contributed by atoms with Crippen molar-refractivity contribution in [1.82, 2.24) is 19.9 Å². The first-order chi connectivity index (χ1) is 13.1. The molecule has 1 fully saturated rings. The molecular formula is C19H20FN5O2. The second-order valence-electron chi connectivity index (χ2n) is 6.55. The second-order valence-corrected chi connectivity index (χ2v) is 6.55. The molecule has 1 saturated heterocycles. The lowest BCUT2D eigenvalue weighted by Gasteiger charge is -2.23. The number of hydrogen-bond donors (Lipinski definition) is 2. The zero-order chi connectivity index (χ0) is 18.8. The molecular weight excluding hydrogens is 349 g/mol. The number of fused-ring (bicyclic) bond motifs is 1. The van der Waals surface area contributed by atoms with Crippen molar-refractivity contribution >= 4 is 17.0 Å². The highest BCUT2D eigenvalue weighted by Crippen LogP contribution is 2.24. The number of pyridine rings is 1. The van der Waals surface area contributed by atoms with Gasteiger partial charge in [0.25, 0.3) is 5.56 Å². The Bertz CT molecular complexity index is 1030. The van der Waals surface area contributed by atoms with E-state index >= 15 is 0 Å². The Morgan fingerprint density at radius 3 is 2.81 bits per heavy atom. The summed E-state index contributed by atoms with van der Waals surface area (Å²) in [6, 6.07) is 7.81. The highest BCUT2D eigenvalue weighted by atomic mass is 19.1. The van der Waals surface area contributed by atoms with Crippen molar-refractivity contribution in [2.24, 2.45) is 7.05 Å². The molecule has 2 aromatic heterocycles. The van der Waals surface area contributed by atoms with E-state index in [-0.39, 0.29) is 11.5 Å². The number of nitrogens with zero attached hydrogens (tertiary/aromatic N) is 3. The van der Waals surface area contributed by atoms with Gasteiger partial charge in [-0.1, -0.05) is 12.1 Å². The molecule has 0 atom stereocenters. The Kier molecular flexibility index (Phi) is 4.72. The average Bonchev–Trinajstić information content (AvgIpc) is 2.69. The van der Waals surface area contributed by atoms with Gasteiger partial charge in [0.1, 0.15) is 5.65 Å². The molecule has 0 radical (unpaired) electrons. The first-order valence-corrected chi connectivity index (χ1v) is 8.88. The third-order valence-electron chi connectivity index (χ3n) is 4.64. The van der Waals surface area contributed by atoms with Gasteiger partial charge in [0.15, 0.2) is 17.3 Å². The Hall–Kier alpha value is -3.00. The Labute approximate surface area is 155 Å². The number of hydrogen-bond acceptors (Lipinski definition) is 6. The van der Waals surface area contributed by atoms with Gasteiger partial charge in [-0.3, -0.25) is 9.36 Å². The fourth-order valence-corrected chi connectivity index (χ4v) is 3.15. The Morgan fingerprint density at radius 2 is 2.04 bits per heavy atom. The number of aryl methyl sites for hydroxylation is 1. The summed E-state index contributed by atoms with van der Waals surface area (Å²) in [6.45, 7) is 1.92. The quantitative estimate of drug-likeness (QED) is 0.735. The van der Waals surface area contributed by atoms with Gasteiger partial charge in [-0.05, 0) is 44.1 Å². The third-order valence-corrected chi connectivity index (χ3v) is 4.64. The predicted molar refractivity (Wildman–Crippen MR) is 101 cm³/mol. The molecule has 27 heavy (non-hydrogen) atoms. The molecule has 0 unspecified atom stereocenters. The first kappa shape index (κ1) is 17.4. The second kappa shape index (κ2) is 7.32. The summed E-state index contributed by atoms with van der Waals surface area (Å²) in [5, 5.41) is 7.27. The number of nitrogens with one attached hydrogen (secondary N) is 2. The van der Waals surface area contributed by atoms with Crippen LogP contribution in [-0.2, 0) is 7.05 Å². The average molecular weight is 369 g/mol. The lowest BCUT2D eigenvalue weighted by molar-refractivity contribution is 0.434. The van der Waals surface area contributed by atoms with Gasteiger partial charge < -0.3 is 15.4 Å². The maximum absolute atomic E-state index is 13.8. The van der Waals surface area contributed by atoms with Crippen LogP contribution < -0.4 is 20.9 Å². The molecule has 8 heteroatoms. The van der Waals surface area contributed by atoms with Crippen LogP contribution in [0.2, 0.25) is 0 Å². The van der Waals surface area contributed by atoms with Gasteiger partial charge in [-0.15, -0.1) is 0 Å². The summed E-state index contributed by atoms with van der Waals surface area (Å²) < 4.78 is 20.7. The van der Waals surface area contributed by atoms with E-state index in [4.69, 9.17) is 4.74 Å². The highest BCUT2D eigenvalue weighted by molar-refractivity contribution is 5.76. The predicted octanol–water partition coefficient (Wildman–Crippen LogP) is 2.42. The van der Waals surface area contributed by atoms with E-state index in [2.05, 4.69) is 20.6 Å². The SMILES string of the molecule is Cn1c(=O)c(Oc2ccccc2F)cc2cnc(NC3CCNCC3)nc21. The van der Waals surface area contributed by atoms with Crippen LogP contribution in [0.1, 0.15) is 12.8 Å². The first-order valence-electron chi connectivity index (χ1n) is 8.88.